The molecule has 2 aliphatic rings. The summed E-state index contributed by atoms with van der Waals surface area (Å²) < 4.78 is 6.92. The molecule has 5 rings (SSSR count). The number of hydrogen-bond donors (Lipinski definition) is 2. The zero-order chi connectivity index (χ0) is 24.2. The summed E-state index contributed by atoms with van der Waals surface area (Å²) in [5, 5.41) is 15.0. The molecular weight excluding hydrogens is 446 g/mol. The number of hydrogen-bond acceptors (Lipinski definition) is 9. The van der Waals surface area contributed by atoms with E-state index >= 15 is 0 Å². The van der Waals surface area contributed by atoms with E-state index in [0.29, 0.717) is 23.7 Å². The van der Waals surface area contributed by atoms with Crippen molar-refractivity contribution in [2.45, 2.75) is 25.3 Å². The molecule has 2 fully saturated rings. The average Bonchev–Trinajstić information content (AvgIpc) is 3.52. The molecule has 1 aliphatic carbocycles. The number of nitrogens with one attached hydrogen (secondary N) is 2. The van der Waals surface area contributed by atoms with Crippen molar-refractivity contribution < 1.29 is 9.53 Å². The molecule has 1 aromatic carbocycles. The van der Waals surface area contributed by atoms with Crippen molar-refractivity contribution in [2.75, 3.05) is 58.7 Å². The van der Waals surface area contributed by atoms with Crippen molar-refractivity contribution in [1.29, 1.82) is 0 Å². The van der Waals surface area contributed by atoms with Gasteiger partial charge in [0, 0.05) is 51.2 Å². The fourth-order valence-electron chi connectivity index (χ4n) is 4.78. The van der Waals surface area contributed by atoms with E-state index in [0.717, 1.165) is 63.4 Å². The molecule has 186 valence electrons. The minimum absolute atomic E-state index is 0.0233. The Labute approximate surface area is 204 Å². The molecule has 2 unspecified atom stereocenters. The van der Waals surface area contributed by atoms with Gasteiger partial charge < -0.3 is 20.3 Å². The maximum absolute atomic E-state index is 12.7. The lowest BCUT2D eigenvalue weighted by atomic mass is 10.1. The second-order valence-corrected chi connectivity index (χ2v) is 9.39. The van der Waals surface area contributed by atoms with Crippen molar-refractivity contribution >= 4 is 23.0 Å². The van der Waals surface area contributed by atoms with Crippen LogP contribution >= 0.6 is 0 Å². The standard InChI is InChI=1S/C24H33N9O2/c1-31-11-13-32(14-12-31)10-9-25-23(34)17-3-4-18(15-17)27-24-26-16-21-22(28-24)33(30-29-21)19-5-7-20(35-2)8-6-19/h5-8,16-18H,3-4,9-15H2,1-2H3,(H,25,34)(H,26,27,28). The van der Waals surface area contributed by atoms with Crippen LogP contribution in [0.15, 0.2) is 30.5 Å². The van der Waals surface area contributed by atoms with Crippen LogP contribution in [0.1, 0.15) is 19.3 Å². The van der Waals surface area contributed by atoms with Gasteiger partial charge in [0.25, 0.3) is 0 Å². The molecule has 1 aliphatic heterocycles. The molecule has 3 aromatic rings. The highest BCUT2D eigenvalue weighted by atomic mass is 16.5. The number of methoxy groups -OCH3 is 1. The summed E-state index contributed by atoms with van der Waals surface area (Å²) in [4.78, 5) is 26.5. The first-order chi connectivity index (χ1) is 17.1. The monoisotopic (exact) mass is 479 g/mol. The molecule has 1 amide bonds. The van der Waals surface area contributed by atoms with Gasteiger partial charge in [-0.1, -0.05) is 5.21 Å². The highest BCUT2D eigenvalue weighted by molar-refractivity contribution is 5.79. The van der Waals surface area contributed by atoms with Gasteiger partial charge in [0.15, 0.2) is 11.2 Å². The van der Waals surface area contributed by atoms with Gasteiger partial charge in [-0.05, 0) is 50.6 Å². The third-order valence-corrected chi connectivity index (χ3v) is 6.97. The number of piperazine rings is 1. The number of anilines is 1. The fourth-order valence-corrected chi connectivity index (χ4v) is 4.78. The first-order valence-electron chi connectivity index (χ1n) is 12.3. The van der Waals surface area contributed by atoms with Crippen LogP contribution in [0.5, 0.6) is 5.75 Å². The zero-order valence-corrected chi connectivity index (χ0v) is 20.4. The fraction of sp³-hybridized carbons (Fsp3) is 0.542. The van der Waals surface area contributed by atoms with E-state index in [4.69, 9.17) is 4.74 Å². The van der Waals surface area contributed by atoms with E-state index in [1.165, 1.54) is 0 Å². The van der Waals surface area contributed by atoms with Gasteiger partial charge in [0.05, 0.1) is 19.0 Å². The number of fused-ring (bicyclic) bond motifs is 1. The molecule has 2 atom stereocenters. The third-order valence-electron chi connectivity index (χ3n) is 6.97. The molecule has 2 N–H and O–H groups in total. The van der Waals surface area contributed by atoms with Crippen molar-refractivity contribution in [3.63, 3.8) is 0 Å². The van der Waals surface area contributed by atoms with Gasteiger partial charge in [-0.25, -0.2) is 4.98 Å². The third kappa shape index (κ3) is 5.51. The number of ether oxygens (including phenoxy) is 1. The van der Waals surface area contributed by atoms with Gasteiger partial charge in [-0.2, -0.15) is 9.67 Å². The minimum atomic E-state index is 0.0233. The number of likely N-dealkylation sites (N-methyl/N-ethyl adjacent to an activating group) is 1. The van der Waals surface area contributed by atoms with Crippen molar-refractivity contribution in [3.05, 3.63) is 30.5 Å². The molecule has 11 heteroatoms. The summed E-state index contributed by atoms with van der Waals surface area (Å²) in [7, 11) is 3.79. The van der Waals surface area contributed by atoms with E-state index in [1.54, 1.807) is 18.0 Å². The van der Waals surface area contributed by atoms with Crippen LogP contribution in [0.2, 0.25) is 0 Å². The summed E-state index contributed by atoms with van der Waals surface area (Å²) in [6.07, 6.45) is 4.23. The lowest BCUT2D eigenvalue weighted by molar-refractivity contribution is -0.124. The Hall–Kier alpha value is -3.31. The van der Waals surface area contributed by atoms with E-state index in [1.807, 2.05) is 24.3 Å². The molecule has 11 nitrogen and oxygen atoms in total. The molecule has 35 heavy (non-hydrogen) atoms. The van der Waals surface area contributed by atoms with Crippen LogP contribution in [0.25, 0.3) is 16.9 Å². The molecule has 0 spiro atoms. The van der Waals surface area contributed by atoms with Crippen LogP contribution in [0, 0.1) is 5.92 Å². The Bertz CT molecular complexity index is 1140. The Balaban J connectivity index is 1.15. The van der Waals surface area contributed by atoms with Crippen LogP contribution in [-0.2, 0) is 4.79 Å². The largest absolute Gasteiger partial charge is 0.497 e. The van der Waals surface area contributed by atoms with Crippen molar-refractivity contribution in [3.8, 4) is 11.4 Å². The predicted octanol–water partition coefficient (Wildman–Crippen LogP) is 1.16. The molecule has 2 aromatic heterocycles. The summed E-state index contributed by atoms with van der Waals surface area (Å²) >= 11 is 0. The second-order valence-electron chi connectivity index (χ2n) is 9.39. The van der Waals surface area contributed by atoms with Crippen LogP contribution in [0.4, 0.5) is 5.95 Å². The smallest absolute Gasteiger partial charge is 0.225 e. The van der Waals surface area contributed by atoms with Crippen molar-refractivity contribution in [1.82, 2.24) is 40.1 Å². The Morgan fingerprint density at radius 2 is 1.94 bits per heavy atom. The second kappa shape index (κ2) is 10.5. The lowest BCUT2D eigenvalue weighted by Gasteiger charge is -2.32. The molecular formula is C24H33N9O2. The molecule has 3 heterocycles. The van der Waals surface area contributed by atoms with Crippen LogP contribution in [-0.4, -0.2) is 100 Å². The lowest BCUT2D eigenvalue weighted by Crippen LogP contribution is -2.47. The molecule has 0 radical (unpaired) electrons. The number of benzene rings is 1. The maximum atomic E-state index is 12.7. The van der Waals surface area contributed by atoms with Crippen molar-refractivity contribution in [2.24, 2.45) is 5.92 Å². The zero-order valence-electron chi connectivity index (χ0n) is 20.4. The Morgan fingerprint density at radius 1 is 1.14 bits per heavy atom. The summed E-state index contributed by atoms with van der Waals surface area (Å²) in [6.45, 7) is 5.94. The predicted molar refractivity (Wildman–Crippen MR) is 133 cm³/mol. The number of amides is 1. The van der Waals surface area contributed by atoms with E-state index in [9.17, 15) is 4.79 Å². The quantitative estimate of drug-likeness (QED) is 0.491. The van der Waals surface area contributed by atoms with E-state index < -0.39 is 0 Å². The van der Waals surface area contributed by atoms with E-state index in [-0.39, 0.29) is 17.9 Å². The van der Waals surface area contributed by atoms with Crippen LogP contribution < -0.4 is 15.4 Å². The number of carbonyl (C=O) groups excluding carboxylic acids is 1. The molecule has 0 bridgehead atoms. The summed E-state index contributed by atoms with van der Waals surface area (Å²) in [6, 6.07) is 7.72. The molecule has 1 saturated carbocycles. The minimum Gasteiger partial charge on any atom is -0.497 e. The normalized spacial score (nSPS) is 21.3. The number of rotatable bonds is 8. The number of nitrogens with zero attached hydrogens (tertiary/aromatic N) is 7. The topological polar surface area (TPSA) is 113 Å². The van der Waals surface area contributed by atoms with Gasteiger partial charge in [0.1, 0.15) is 5.75 Å². The van der Waals surface area contributed by atoms with Gasteiger partial charge in [0.2, 0.25) is 11.9 Å². The number of carbonyl (C=O) groups is 1. The highest BCUT2D eigenvalue weighted by Crippen LogP contribution is 2.28. The SMILES string of the molecule is COc1ccc(-n2nnc3cnc(NC4CCC(C(=O)NCCN5CCN(C)CC5)C4)nc32)cc1. The average molecular weight is 480 g/mol. The van der Waals surface area contributed by atoms with Gasteiger partial charge >= 0.3 is 0 Å². The van der Waals surface area contributed by atoms with Gasteiger partial charge in [-0.15, -0.1) is 5.10 Å². The molecule has 1 saturated heterocycles. The first kappa shape index (κ1) is 23.4. The summed E-state index contributed by atoms with van der Waals surface area (Å²) in [5.41, 5.74) is 2.09. The highest BCUT2D eigenvalue weighted by Gasteiger charge is 2.30. The van der Waals surface area contributed by atoms with Crippen LogP contribution in [0.3, 0.4) is 0 Å². The Morgan fingerprint density at radius 3 is 2.71 bits per heavy atom. The maximum Gasteiger partial charge on any atom is 0.225 e. The first-order valence-corrected chi connectivity index (χ1v) is 12.3. The van der Waals surface area contributed by atoms with E-state index in [2.05, 4.69) is 47.8 Å². The summed E-state index contributed by atoms with van der Waals surface area (Å²) in [5.74, 6) is 1.47. The Kier molecular flexibility index (Phi) is 7.05. The number of aromatic nitrogens is 5. The van der Waals surface area contributed by atoms with Gasteiger partial charge in [-0.3, -0.25) is 9.69 Å².